The van der Waals surface area contributed by atoms with E-state index in [0.717, 1.165) is 5.69 Å². The van der Waals surface area contributed by atoms with Gasteiger partial charge in [0.25, 0.3) is 5.91 Å². The van der Waals surface area contributed by atoms with Crippen LogP contribution in [0.4, 0.5) is 5.82 Å². The summed E-state index contributed by atoms with van der Waals surface area (Å²) in [7, 11) is -2.24. The summed E-state index contributed by atoms with van der Waals surface area (Å²) in [6.45, 7) is 0.398. The van der Waals surface area contributed by atoms with Gasteiger partial charge in [-0.15, -0.1) is 0 Å². The Morgan fingerprint density at radius 2 is 1.89 bits per heavy atom. The van der Waals surface area contributed by atoms with Crippen molar-refractivity contribution in [1.82, 2.24) is 14.5 Å². The summed E-state index contributed by atoms with van der Waals surface area (Å²) in [5, 5.41) is 6.98. The van der Waals surface area contributed by atoms with Gasteiger partial charge in [0.05, 0.1) is 17.2 Å². The van der Waals surface area contributed by atoms with Crippen LogP contribution in [0.3, 0.4) is 0 Å². The first kappa shape index (κ1) is 19.7. The molecule has 0 bridgehead atoms. The molecule has 2 N–H and O–H groups in total. The number of carbonyl (C=O) groups is 1. The molecule has 0 unspecified atom stereocenters. The van der Waals surface area contributed by atoms with Gasteiger partial charge in [0.1, 0.15) is 0 Å². The fraction of sp³-hybridized carbons (Fsp3) is 0.158. The van der Waals surface area contributed by atoms with Gasteiger partial charge in [-0.2, -0.15) is 5.10 Å². The van der Waals surface area contributed by atoms with E-state index in [1.165, 1.54) is 31.4 Å². The Hall–Kier alpha value is -3.01. The van der Waals surface area contributed by atoms with Crippen LogP contribution in [-0.4, -0.2) is 44.4 Å². The third kappa shape index (κ3) is 4.83. The Labute approximate surface area is 163 Å². The maximum atomic E-state index is 12.5. The quantitative estimate of drug-likeness (QED) is 0.564. The maximum Gasteiger partial charge on any atom is 0.256 e. The van der Waals surface area contributed by atoms with Crippen LogP contribution in [0.1, 0.15) is 10.4 Å². The van der Waals surface area contributed by atoms with Gasteiger partial charge in [-0.25, -0.2) is 17.8 Å². The predicted molar refractivity (Wildman–Crippen MR) is 105 cm³/mol. The number of para-hydroxylation sites is 1. The molecule has 1 amide bonds. The third-order valence-electron chi connectivity index (χ3n) is 3.86. The zero-order valence-corrected chi connectivity index (χ0v) is 16.0. The monoisotopic (exact) mass is 400 g/mol. The standard InChI is InChI=1S/C19H20N4O4S/c1-27-13-11-20-28(25,26)17-9-5-6-15(14-17)19(24)21-18-10-12-23(22-18)16-7-3-2-4-8-16/h2-10,12,14,20H,11,13H2,1H3,(H,21,22,24). The molecule has 3 aromatic rings. The molecule has 0 aliphatic carbocycles. The average molecular weight is 400 g/mol. The Bertz CT molecular complexity index is 1050. The van der Waals surface area contributed by atoms with E-state index in [2.05, 4.69) is 15.1 Å². The molecule has 3 rings (SSSR count). The number of hydrogen-bond donors (Lipinski definition) is 2. The summed E-state index contributed by atoms with van der Waals surface area (Å²) in [4.78, 5) is 12.5. The average Bonchev–Trinajstić information content (AvgIpc) is 3.17. The molecule has 0 atom stereocenters. The molecule has 146 valence electrons. The van der Waals surface area contributed by atoms with E-state index in [-0.39, 0.29) is 23.6 Å². The van der Waals surface area contributed by atoms with E-state index >= 15 is 0 Å². The van der Waals surface area contributed by atoms with Gasteiger partial charge in [0.2, 0.25) is 10.0 Å². The lowest BCUT2D eigenvalue weighted by Crippen LogP contribution is -2.27. The molecule has 0 aliphatic heterocycles. The molecule has 9 heteroatoms. The van der Waals surface area contributed by atoms with Crippen LogP contribution in [0.15, 0.2) is 71.8 Å². The van der Waals surface area contributed by atoms with Gasteiger partial charge in [0.15, 0.2) is 5.82 Å². The largest absolute Gasteiger partial charge is 0.383 e. The Morgan fingerprint density at radius 1 is 1.11 bits per heavy atom. The van der Waals surface area contributed by atoms with E-state index < -0.39 is 15.9 Å². The summed E-state index contributed by atoms with van der Waals surface area (Å²) in [5.41, 5.74) is 1.07. The Morgan fingerprint density at radius 3 is 2.64 bits per heavy atom. The van der Waals surface area contributed by atoms with Crippen LogP contribution >= 0.6 is 0 Å². The molecular formula is C19H20N4O4S. The van der Waals surface area contributed by atoms with E-state index in [1.807, 2.05) is 30.3 Å². The number of aromatic nitrogens is 2. The minimum atomic E-state index is -3.72. The number of sulfonamides is 1. The molecule has 1 heterocycles. The number of rotatable bonds is 8. The minimum Gasteiger partial charge on any atom is -0.383 e. The summed E-state index contributed by atoms with van der Waals surface area (Å²) in [5.74, 6) is -0.0902. The summed E-state index contributed by atoms with van der Waals surface area (Å²) in [6, 6.07) is 16.9. The highest BCUT2D eigenvalue weighted by atomic mass is 32.2. The van der Waals surface area contributed by atoms with E-state index in [4.69, 9.17) is 4.74 Å². The van der Waals surface area contributed by atoms with E-state index in [1.54, 1.807) is 16.9 Å². The Kier molecular flexibility index (Phi) is 6.19. The third-order valence-corrected chi connectivity index (χ3v) is 5.31. The van der Waals surface area contributed by atoms with Crippen molar-refractivity contribution in [2.45, 2.75) is 4.90 Å². The number of anilines is 1. The minimum absolute atomic E-state index is 0.00562. The number of methoxy groups -OCH3 is 1. The van der Waals surface area contributed by atoms with Crippen molar-refractivity contribution in [1.29, 1.82) is 0 Å². The Balaban J connectivity index is 1.72. The van der Waals surface area contributed by atoms with Gasteiger partial charge in [-0.3, -0.25) is 4.79 Å². The lowest BCUT2D eigenvalue weighted by molar-refractivity contribution is 0.102. The first-order chi connectivity index (χ1) is 13.5. The second-order valence-electron chi connectivity index (χ2n) is 5.85. The molecule has 2 aromatic carbocycles. The van der Waals surface area contributed by atoms with Crippen LogP contribution in [-0.2, 0) is 14.8 Å². The van der Waals surface area contributed by atoms with Crippen molar-refractivity contribution >= 4 is 21.7 Å². The molecule has 8 nitrogen and oxygen atoms in total. The molecule has 0 aliphatic rings. The maximum absolute atomic E-state index is 12.5. The molecule has 0 fully saturated rings. The fourth-order valence-corrected chi connectivity index (χ4v) is 3.53. The fourth-order valence-electron chi connectivity index (χ4n) is 2.47. The summed E-state index contributed by atoms with van der Waals surface area (Å²) < 4.78 is 33.5. The highest BCUT2D eigenvalue weighted by Crippen LogP contribution is 2.14. The van der Waals surface area contributed by atoms with E-state index in [9.17, 15) is 13.2 Å². The molecule has 0 spiro atoms. The number of benzene rings is 2. The number of nitrogens with zero attached hydrogens (tertiary/aromatic N) is 2. The van der Waals surface area contributed by atoms with Crippen molar-refractivity contribution in [2.75, 3.05) is 25.6 Å². The van der Waals surface area contributed by atoms with Crippen LogP contribution in [0.25, 0.3) is 5.69 Å². The molecule has 0 radical (unpaired) electrons. The number of carbonyl (C=O) groups excluding carboxylic acids is 1. The SMILES string of the molecule is COCCNS(=O)(=O)c1cccc(C(=O)Nc2ccn(-c3ccccc3)n2)c1. The van der Waals surface area contributed by atoms with Gasteiger partial charge in [0, 0.05) is 31.5 Å². The lowest BCUT2D eigenvalue weighted by Gasteiger charge is -2.08. The highest BCUT2D eigenvalue weighted by molar-refractivity contribution is 7.89. The first-order valence-electron chi connectivity index (χ1n) is 8.51. The number of ether oxygens (including phenoxy) is 1. The zero-order chi connectivity index (χ0) is 20.0. The molecule has 0 saturated heterocycles. The van der Waals surface area contributed by atoms with Crippen molar-refractivity contribution in [3.8, 4) is 5.69 Å². The molecule has 28 heavy (non-hydrogen) atoms. The molecule has 0 saturated carbocycles. The molecule has 1 aromatic heterocycles. The van der Waals surface area contributed by atoms with Gasteiger partial charge < -0.3 is 10.1 Å². The van der Waals surface area contributed by atoms with Crippen LogP contribution in [0, 0.1) is 0 Å². The zero-order valence-electron chi connectivity index (χ0n) is 15.2. The number of amides is 1. The van der Waals surface area contributed by atoms with Crippen LogP contribution in [0.5, 0.6) is 0 Å². The lowest BCUT2D eigenvalue weighted by atomic mass is 10.2. The van der Waals surface area contributed by atoms with Crippen molar-refractivity contribution in [3.63, 3.8) is 0 Å². The number of hydrogen-bond acceptors (Lipinski definition) is 5. The topological polar surface area (TPSA) is 102 Å². The van der Waals surface area contributed by atoms with Crippen molar-refractivity contribution < 1.29 is 17.9 Å². The summed E-state index contributed by atoms with van der Waals surface area (Å²) in [6.07, 6.45) is 1.73. The van der Waals surface area contributed by atoms with Gasteiger partial charge in [-0.05, 0) is 30.3 Å². The first-order valence-corrected chi connectivity index (χ1v) is 9.99. The smallest absolute Gasteiger partial charge is 0.256 e. The van der Waals surface area contributed by atoms with Gasteiger partial charge >= 0.3 is 0 Å². The van der Waals surface area contributed by atoms with Crippen molar-refractivity contribution in [3.05, 3.63) is 72.4 Å². The van der Waals surface area contributed by atoms with Crippen LogP contribution < -0.4 is 10.0 Å². The second kappa shape index (κ2) is 8.79. The second-order valence-corrected chi connectivity index (χ2v) is 7.62. The van der Waals surface area contributed by atoms with Crippen molar-refractivity contribution in [2.24, 2.45) is 0 Å². The normalized spacial score (nSPS) is 11.3. The predicted octanol–water partition coefficient (Wildman–Crippen LogP) is 2.05. The van der Waals surface area contributed by atoms with E-state index in [0.29, 0.717) is 5.82 Å². The van der Waals surface area contributed by atoms with Gasteiger partial charge in [-0.1, -0.05) is 24.3 Å². The molecular weight excluding hydrogens is 380 g/mol. The van der Waals surface area contributed by atoms with Crippen LogP contribution in [0.2, 0.25) is 0 Å². The highest BCUT2D eigenvalue weighted by Gasteiger charge is 2.16. The number of nitrogens with one attached hydrogen (secondary N) is 2. The summed E-state index contributed by atoms with van der Waals surface area (Å²) >= 11 is 0.